The van der Waals surface area contributed by atoms with Crippen molar-refractivity contribution >= 4 is 11.1 Å². The second-order valence-electron chi connectivity index (χ2n) is 4.31. The number of aromatic nitrogens is 1. The summed E-state index contributed by atoms with van der Waals surface area (Å²) in [5, 5.41) is 9.66. The molecule has 0 amide bonds. The van der Waals surface area contributed by atoms with Crippen LogP contribution in [0.4, 0.5) is 0 Å². The van der Waals surface area contributed by atoms with Gasteiger partial charge in [-0.25, -0.2) is 4.98 Å². The Morgan fingerprint density at radius 1 is 1.11 bits per heavy atom. The lowest BCUT2D eigenvalue weighted by Crippen LogP contribution is -2.06. The largest absolute Gasteiger partial charge is 0.508 e. The van der Waals surface area contributed by atoms with Gasteiger partial charge in [-0.15, -0.1) is 0 Å². The number of aromatic hydroxyl groups is 1. The number of phenolic OH excluding ortho intramolecular Hbond substituents is 1. The van der Waals surface area contributed by atoms with Crippen LogP contribution in [-0.2, 0) is 0 Å². The van der Waals surface area contributed by atoms with Gasteiger partial charge in [-0.2, -0.15) is 0 Å². The summed E-state index contributed by atoms with van der Waals surface area (Å²) in [5.41, 5.74) is 2.89. The molecule has 3 rings (SSSR count). The van der Waals surface area contributed by atoms with Crippen LogP contribution in [0, 0.1) is 13.8 Å². The Hall–Kier alpha value is -2.36. The third kappa shape index (κ3) is 1.39. The molecule has 0 unspecified atom stereocenters. The number of hydrogen-bond donors (Lipinski definition) is 1. The summed E-state index contributed by atoms with van der Waals surface area (Å²) in [6, 6.07) is 6.41. The van der Waals surface area contributed by atoms with Crippen LogP contribution in [0.15, 0.2) is 33.5 Å². The molecule has 0 aromatic heterocycles. The predicted octanol–water partition coefficient (Wildman–Crippen LogP) is 2.62. The number of aryl methyl sites for hydroxylation is 1. The van der Waals surface area contributed by atoms with Crippen LogP contribution in [0.2, 0.25) is 0 Å². The molecule has 0 atom stereocenters. The molecule has 90 valence electrons. The number of fused-ring (bicyclic) bond motifs is 2. The standard InChI is InChI=1S/C14H11NO3/c1-7-11(16)5-3-9-13(7)18-14-8(2)12(17)6-4-10(14)15-9/h3-6,16H,1-2H3. The van der Waals surface area contributed by atoms with Crippen LogP contribution in [0.3, 0.4) is 0 Å². The van der Waals surface area contributed by atoms with E-state index in [1.165, 1.54) is 6.07 Å². The summed E-state index contributed by atoms with van der Waals surface area (Å²) in [5.74, 6) is 0.632. The molecular formula is C14H11NO3. The number of nitrogens with zero attached hydrogens (tertiary/aromatic N) is 1. The smallest absolute Gasteiger partial charge is 0.185 e. The first kappa shape index (κ1) is 10.8. The third-order valence-corrected chi connectivity index (χ3v) is 3.14. The van der Waals surface area contributed by atoms with Crippen LogP contribution in [-0.4, -0.2) is 10.1 Å². The van der Waals surface area contributed by atoms with Gasteiger partial charge in [-0.05, 0) is 38.1 Å². The second kappa shape index (κ2) is 3.57. The van der Waals surface area contributed by atoms with Gasteiger partial charge in [0.25, 0.3) is 0 Å². The molecule has 0 saturated carbocycles. The van der Waals surface area contributed by atoms with E-state index >= 15 is 0 Å². The van der Waals surface area contributed by atoms with Crippen LogP contribution in [0.1, 0.15) is 11.1 Å². The van der Waals surface area contributed by atoms with E-state index in [0.717, 1.165) is 0 Å². The number of phenols is 1. The van der Waals surface area contributed by atoms with Crippen molar-refractivity contribution in [1.82, 2.24) is 4.98 Å². The third-order valence-electron chi connectivity index (χ3n) is 3.14. The Kier molecular flexibility index (Phi) is 2.13. The van der Waals surface area contributed by atoms with E-state index in [1.807, 2.05) is 0 Å². The van der Waals surface area contributed by atoms with Crippen molar-refractivity contribution in [3.8, 4) is 17.2 Å². The molecule has 1 aromatic carbocycles. The van der Waals surface area contributed by atoms with Crippen molar-refractivity contribution in [3.05, 3.63) is 45.6 Å². The quantitative estimate of drug-likeness (QED) is 0.614. The number of benzene rings is 2. The summed E-state index contributed by atoms with van der Waals surface area (Å²) < 4.78 is 5.75. The molecule has 1 N–H and O–H groups in total. The van der Waals surface area contributed by atoms with E-state index in [4.69, 9.17) is 4.42 Å². The first-order chi connectivity index (χ1) is 8.58. The molecule has 1 aliphatic carbocycles. The van der Waals surface area contributed by atoms with E-state index in [0.29, 0.717) is 33.7 Å². The second-order valence-corrected chi connectivity index (χ2v) is 4.31. The van der Waals surface area contributed by atoms with E-state index in [2.05, 4.69) is 4.98 Å². The molecule has 18 heavy (non-hydrogen) atoms. The molecule has 1 aliphatic heterocycles. The first-order valence-electron chi connectivity index (χ1n) is 5.60. The monoisotopic (exact) mass is 241 g/mol. The van der Waals surface area contributed by atoms with Crippen molar-refractivity contribution in [2.45, 2.75) is 13.8 Å². The zero-order chi connectivity index (χ0) is 12.9. The fraction of sp³-hybridized carbons (Fsp3) is 0.143. The molecule has 1 aromatic rings. The summed E-state index contributed by atoms with van der Waals surface area (Å²) >= 11 is 0. The molecule has 0 fully saturated rings. The molecule has 0 spiro atoms. The summed E-state index contributed by atoms with van der Waals surface area (Å²) in [6.07, 6.45) is 0. The van der Waals surface area contributed by atoms with Gasteiger partial charge < -0.3 is 9.52 Å². The Morgan fingerprint density at radius 3 is 2.67 bits per heavy atom. The Morgan fingerprint density at radius 2 is 1.89 bits per heavy atom. The molecule has 4 heteroatoms. The van der Waals surface area contributed by atoms with Gasteiger partial charge in [-0.3, -0.25) is 4.79 Å². The van der Waals surface area contributed by atoms with Crippen molar-refractivity contribution in [2.75, 3.05) is 0 Å². The van der Waals surface area contributed by atoms with Gasteiger partial charge in [0, 0.05) is 11.1 Å². The first-order valence-corrected chi connectivity index (χ1v) is 5.60. The highest BCUT2D eigenvalue weighted by Gasteiger charge is 2.15. The van der Waals surface area contributed by atoms with Gasteiger partial charge in [0.1, 0.15) is 17.0 Å². The van der Waals surface area contributed by atoms with Gasteiger partial charge in [0.15, 0.2) is 16.8 Å². The lowest BCUT2D eigenvalue weighted by molar-refractivity contribution is 0.469. The number of rotatable bonds is 0. The fourth-order valence-electron chi connectivity index (χ4n) is 1.99. The molecule has 0 saturated heterocycles. The maximum atomic E-state index is 11.6. The van der Waals surface area contributed by atoms with Crippen LogP contribution >= 0.6 is 0 Å². The van der Waals surface area contributed by atoms with Gasteiger partial charge in [-0.1, -0.05) is 0 Å². The average molecular weight is 241 g/mol. The van der Waals surface area contributed by atoms with E-state index < -0.39 is 0 Å². The highest BCUT2D eigenvalue weighted by atomic mass is 16.3. The Labute approximate surface area is 103 Å². The molecule has 2 aliphatic rings. The summed E-state index contributed by atoms with van der Waals surface area (Å²) in [4.78, 5) is 16.0. The number of hydrogen-bond acceptors (Lipinski definition) is 4. The fourth-order valence-corrected chi connectivity index (χ4v) is 1.99. The van der Waals surface area contributed by atoms with Crippen molar-refractivity contribution in [3.63, 3.8) is 0 Å². The zero-order valence-corrected chi connectivity index (χ0v) is 10.0. The molecule has 0 bridgehead atoms. The lowest BCUT2D eigenvalue weighted by Gasteiger charge is -2.10. The van der Waals surface area contributed by atoms with E-state index in [9.17, 15) is 9.90 Å². The zero-order valence-electron chi connectivity index (χ0n) is 10.0. The maximum Gasteiger partial charge on any atom is 0.185 e. The normalized spacial score (nSPS) is 11.2. The van der Waals surface area contributed by atoms with Crippen molar-refractivity contribution < 1.29 is 9.52 Å². The van der Waals surface area contributed by atoms with Crippen molar-refractivity contribution in [1.29, 1.82) is 0 Å². The molecule has 1 heterocycles. The van der Waals surface area contributed by atoms with Crippen LogP contribution in [0.25, 0.3) is 22.6 Å². The molecule has 4 nitrogen and oxygen atoms in total. The van der Waals surface area contributed by atoms with E-state index in [1.54, 1.807) is 32.0 Å². The van der Waals surface area contributed by atoms with Gasteiger partial charge >= 0.3 is 0 Å². The molecular weight excluding hydrogens is 230 g/mol. The van der Waals surface area contributed by atoms with Crippen LogP contribution in [0.5, 0.6) is 5.75 Å². The molecule has 0 radical (unpaired) electrons. The van der Waals surface area contributed by atoms with E-state index in [-0.39, 0.29) is 11.2 Å². The predicted molar refractivity (Wildman–Crippen MR) is 68.0 cm³/mol. The highest BCUT2D eigenvalue weighted by Crippen LogP contribution is 2.31. The summed E-state index contributed by atoms with van der Waals surface area (Å²) in [6.45, 7) is 3.46. The summed E-state index contributed by atoms with van der Waals surface area (Å²) in [7, 11) is 0. The Bertz CT molecular complexity index is 789. The maximum absolute atomic E-state index is 11.6. The van der Waals surface area contributed by atoms with Crippen LogP contribution < -0.4 is 5.43 Å². The SMILES string of the molecule is Cc1c2oc3c(C)c(O)ccc3nc-2ccc1=O. The average Bonchev–Trinajstić information content (AvgIpc) is 2.37. The minimum absolute atomic E-state index is 0.0785. The van der Waals surface area contributed by atoms with Gasteiger partial charge in [0.2, 0.25) is 0 Å². The topological polar surface area (TPSA) is 63.3 Å². The van der Waals surface area contributed by atoms with Gasteiger partial charge in [0.05, 0.1) is 0 Å². The Balaban J connectivity index is 2.54. The highest BCUT2D eigenvalue weighted by molar-refractivity contribution is 5.81. The van der Waals surface area contributed by atoms with Crippen molar-refractivity contribution in [2.24, 2.45) is 0 Å². The minimum Gasteiger partial charge on any atom is -0.508 e. The lowest BCUT2D eigenvalue weighted by atomic mass is 10.1. The minimum atomic E-state index is -0.0785.